The molecule has 0 unspecified atom stereocenters. The fourth-order valence-corrected chi connectivity index (χ4v) is 8.69. The number of aromatic nitrogens is 2. The number of cyclic esters (lactones) is 1. The van der Waals surface area contributed by atoms with Crippen molar-refractivity contribution in [1.82, 2.24) is 30.8 Å². The number of urea groups is 1. The first-order valence-electron chi connectivity index (χ1n) is 21.2. The third-order valence-corrected chi connectivity index (χ3v) is 11.8. The van der Waals surface area contributed by atoms with E-state index in [1.807, 2.05) is 0 Å². The molecule has 7 rings (SSSR count). The van der Waals surface area contributed by atoms with Crippen molar-refractivity contribution in [3.05, 3.63) is 91.0 Å². The van der Waals surface area contributed by atoms with E-state index >= 15 is 4.39 Å². The molecule has 0 radical (unpaired) electrons. The van der Waals surface area contributed by atoms with Crippen molar-refractivity contribution in [2.75, 3.05) is 18.9 Å². The molecule has 64 heavy (non-hydrogen) atoms. The van der Waals surface area contributed by atoms with E-state index in [-0.39, 0.29) is 50.3 Å². The summed E-state index contributed by atoms with van der Waals surface area (Å²) in [5.74, 6) is -1.81. The Morgan fingerprint density at radius 1 is 1.09 bits per heavy atom. The number of pyridine rings is 2. The van der Waals surface area contributed by atoms with Gasteiger partial charge in [0.2, 0.25) is 5.91 Å². The van der Waals surface area contributed by atoms with Crippen molar-refractivity contribution in [3.63, 3.8) is 0 Å². The number of benzene rings is 2. The number of alkyl carbamates (subject to hydrolysis) is 2. The zero-order valence-corrected chi connectivity index (χ0v) is 36.6. The lowest BCUT2D eigenvalue weighted by atomic mass is 9.81. The van der Waals surface area contributed by atoms with Crippen LogP contribution in [0.15, 0.2) is 35.1 Å². The first-order chi connectivity index (χ1) is 30.3. The van der Waals surface area contributed by atoms with Crippen LogP contribution in [0.25, 0.3) is 22.3 Å². The predicted octanol–water partition coefficient (Wildman–Crippen LogP) is 4.44. The maximum Gasteiger partial charge on any atom is 0.408 e. The largest absolute Gasteiger partial charge is 0.458 e. The smallest absolute Gasteiger partial charge is 0.408 e. The average molecular weight is 885 g/mol. The third-order valence-electron chi connectivity index (χ3n) is 11.8. The van der Waals surface area contributed by atoms with Crippen molar-refractivity contribution in [2.24, 2.45) is 5.73 Å². The van der Waals surface area contributed by atoms with E-state index in [2.05, 4.69) is 26.6 Å². The fraction of sp³-hybridized carbons (Fsp3) is 0.444. The van der Waals surface area contributed by atoms with Gasteiger partial charge in [-0.2, -0.15) is 0 Å². The highest BCUT2D eigenvalue weighted by molar-refractivity contribution is 5.97. The second-order valence-electron chi connectivity index (χ2n) is 17.3. The summed E-state index contributed by atoms with van der Waals surface area (Å²) in [5, 5.41) is 26.1. The standard InChI is InChI=1S/C45H53FN8O10/c1-7-45(61)29-16-34-37-27(19-54(34)39(56)28(29)21-62-40(45)57)36-31(13-12-26-22(2)30(46)17-33(51-37)35(26)36)52-42(59)63-20-23-10-11-25(15-24(23)18-48-6)50-38(55)32(9-8-14-49-41(47)58)53-43(60)64-44(3,4)5/h10-11,15-17,31-32,48,61H,7-9,12-14,18-21H2,1-6H3,(H,50,55)(H,52,59)(H,53,60)(H3,47,49,58)/t31-,32-,45-/m0/s1. The number of esters is 1. The summed E-state index contributed by atoms with van der Waals surface area (Å²) in [7, 11) is 1.74. The number of carbonyl (C=O) groups is 5. The molecule has 4 heterocycles. The summed E-state index contributed by atoms with van der Waals surface area (Å²) < 4.78 is 33.3. The molecular formula is C45H53FN8O10. The van der Waals surface area contributed by atoms with Crippen molar-refractivity contribution >= 4 is 46.7 Å². The number of amides is 5. The monoisotopic (exact) mass is 884 g/mol. The Kier molecular flexibility index (Phi) is 12.7. The topological polar surface area (TPSA) is 254 Å². The van der Waals surface area contributed by atoms with E-state index in [4.69, 9.17) is 24.9 Å². The maximum atomic E-state index is 15.4. The Hall–Kier alpha value is -6.60. The number of ether oxygens (including phenoxy) is 3. The number of nitrogens with zero attached hydrogens (tertiary/aromatic N) is 2. The highest BCUT2D eigenvalue weighted by atomic mass is 19.1. The van der Waals surface area contributed by atoms with Gasteiger partial charge in [0.25, 0.3) is 5.56 Å². The highest BCUT2D eigenvalue weighted by Crippen LogP contribution is 2.46. The molecule has 340 valence electrons. The van der Waals surface area contributed by atoms with E-state index in [0.717, 1.165) is 5.56 Å². The van der Waals surface area contributed by atoms with Crippen molar-refractivity contribution in [2.45, 2.75) is 116 Å². The first kappa shape index (κ1) is 45.4. The minimum Gasteiger partial charge on any atom is -0.458 e. The van der Waals surface area contributed by atoms with Gasteiger partial charge in [0.1, 0.15) is 30.7 Å². The van der Waals surface area contributed by atoms with Gasteiger partial charge < -0.3 is 56.2 Å². The normalized spacial score (nSPS) is 17.6. The number of carbonyl (C=O) groups excluding carboxylic acids is 5. The lowest BCUT2D eigenvalue weighted by molar-refractivity contribution is -0.172. The number of rotatable bonds is 13. The number of aliphatic hydroxyl groups is 1. The number of halogens is 1. The van der Waals surface area contributed by atoms with Crippen LogP contribution in [0, 0.1) is 12.7 Å². The lowest BCUT2D eigenvalue weighted by Crippen LogP contribution is -2.46. The van der Waals surface area contributed by atoms with E-state index in [9.17, 15) is 33.9 Å². The second kappa shape index (κ2) is 17.9. The molecule has 18 nitrogen and oxygen atoms in total. The van der Waals surface area contributed by atoms with Gasteiger partial charge in [-0.05, 0) is 113 Å². The van der Waals surface area contributed by atoms with Gasteiger partial charge in [-0.15, -0.1) is 0 Å². The number of anilines is 1. The van der Waals surface area contributed by atoms with Crippen LogP contribution in [-0.2, 0) is 62.1 Å². The Bertz CT molecular complexity index is 2640. The summed E-state index contributed by atoms with van der Waals surface area (Å²) in [4.78, 5) is 82.6. The van der Waals surface area contributed by atoms with Gasteiger partial charge in [0.15, 0.2) is 5.60 Å². The van der Waals surface area contributed by atoms with Crippen LogP contribution in [0.3, 0.4) is 0 Å². The Balaban J connectivity index is 1.11. The summed E-state index contributed by atoms with van der Waals surface area (Å²) in [5.41, 5.74) is 7.59. The number of nitrogens with one attached hydrogen (secondary N) is 5. The van der Waals surface area contributed by atoms with Crippen LogP contribution in [0.5, 0.6) is 0 Å². The summed E-state index contributed by atoms with van der Waals surface area (Å²) in [6.45, 7) is 8.60. The minimum atomic E-state index is -2.03. The molecule has 3 aliphatic rings. The molecule has 2 aromatic heterocycles. The van der Waals surface area contributed by atoms with Crippen LogP contribution in [0.1, 0.15) is 104 Å². The van der Waals surface area contributed by atoms with Gasteiger partial charge in [0, 0.05) is 41.4 Å². The molecule has 0 fully saturated rings. The average Bonchev–Trinajstić information content (AvgIpc) is 3.60. The van der Waals surface area contributed by atoms with Crippen LogP contribution in [-0.4, -0.2) is 70.0 Å². The van der Waals surface area contributed by atoms with E-state index in [0.29, 0.717) is 81.6 Å². The third kappa shape index (κ3) is 8.94. The maximum absolute atomic E-state index is 15.4. The van der Waals surface area contributed by atoms with Gasteiger partial charge >= 0.3 is 24.2 Å². The van der Waals surface area contributed by atoms with Crippen molar-refractivity contribution < 1.29 is 47.7 Å². The molecule has 2 aliphatic heterocycles. The molecular weight excluding hydrogens is 832 g/mol. The molecule has 0 saturated heterocycles. The number of primary amides is 1. The summed E-state index contributed by atoms with van der Waals surface area (Å²) in [6, 6.07) is 5.67. The Morgan fingerprint density at radius 2 is 1.86 bits per heavy atom. The number of hydrogen-bond donors (Lipinski definition) is 7. The Labute approximate surface area is 367 Å². The van der Waals surface area contributed by atoms with Crippen LogP contribution >= 0.6 is 0 Å². The second-order valence-corrected chi connectivity index (χ2v) is 17.3. The van der Waals surface area contributed by atoms with Crippen LogP contribution in [0.2, 0.25) is 0 Å². The first-order valence-corrected chi connectivity index (χ1v) is 21.2. The van der Waals surface area contributed by atoms with Gasteiger partial charge in [-0.3, -0.25) is 9.59 Å². The molecule has 0 bridgehead atoms. The van der Waals surface area contributed by atoms with Gasteiger partial charge in [-0.1, -0.05) is 13.0 Å². The Morgan fingerprint density at radius 3 is 2.56 bits per heavy atom. The van der Waals surface area contributed by atoms with E-state index in [1.54, 1.807) is 65.9 Å². The zero-order valence-electron chi connectivity index (χ0n) is 36.6. The molecule has 19 heteroatoms. The number of nitrogens with two attached hydrogens (primary N) is 1. The molecule has 4 aromatic rings. The number of hydrogen-bond acceptors (Lipinski definition) is 12. The SMILES string of the molecule is CC[C@@]1(O)C(=O)OCc2c1cc1n(c2=O)Cc2c-1nc1cc(F)c(C)c3c1c2[C@@H](NC(=O)OCc1ccc(NC(=O)[C@H](CCCNC(N)=O)NC(=O)OC(C)(C)C)cc1CNC)CC3. The summed E-state index contributed by atoms with van der Waals surface area (Å²) in [6.07, 6.45) is -0.217. The molecule has 0 spiro atoms. The van der Waals surface area contributed by atoms with E-state index in [1.165, 1.54) is 10.6 Å². The molecule has 1 aliphatic carbocycles. The van der Waals surface area contributed by atoms with Crippen molar-refractivity contribution in [3.8, 4) is 11.4 Å². The molecule has 3 atom stereocenters. The highest BCUT2D eigenvalue weighted by Gasteiger charge is 2.46. The zero-order chi connectivity index (χ0) is 46.2. The van der Waals surface area contributed by atoms with E-state index < -0.39 is 64.8 Å². The predicted molar refractivity (Wildman–Crippen MR) is 231 cm³/mol. The van der Waals surface area contributed by atoms with Gasteiger partial charge in [0.05, 0.1) is 35.1 Å². The van der Waals surface area contributed by atoms with Gasteiger partial charge in [-0.25, -0.2) is 28.6 Å². The quantitative estimate of drug-likeness (QED) is 0.0492. The summed E-state index contributed by atoms with van der Waals surface area (Å²) >= 11 is 0. The molecule has 8 N–H and O–H groups in total. The minimum absolute atomic E-state index is 0.0281. The van der Waals surface area contributed by atoms with Crippen LogP contribution < -0.4 is 37.9 Å². The molecule has 0 saturated carbocycles. The molecule has 2 aromatic carbocycles. The number of fused-ring (bicyclic) bond motifs is 5. The molecule has 5 amide bonds. The van der Waals surface area contributed by atoms with Crippen LogP contribution in [0.4, 0.5) is 24.5 Å². The lowest BCUT2D eigenvalue weighted by Gasteiger charge is -2.31. The number of aryl methyl sites for hydroxylation is 1. The fourth-order valence-electron chi connectivity index (χ4n) is 8.69. The van der Waals surface area contributed by atoms with Crippen molar-refractivity contribution in [1.29, 1.82) is 0 Å².